The Bertz CT molecular complexity index is 608. The van der Waals surface area contributed by atoms with E-state index in [1.165, 1.54) is 17.2 Å². The van der Waals surface area contributed by atoms with Crippen molar-refractivity contribution in [3.8, 4) is 0 Å². The van der Waals surface area contributed by atoms with E-state index in [-0.39, 0.29) is 11.7 Å². The molecule has 1 atom stereocenters. The Morgan fingerprint density at radius 3 is 2.67 bits per heavy atom. The molecule has 0 bridgehead atoms. The van der Waals surface area contributed by atoms with Gasteiger partial charge in [0, 0.05) is 18.5 Å². The van der Waals surface area contributed by atoms with E-state index in [2.05, 4.69) is 9.98 Å². The third kappa shape index (κ3) is 2.28. The van der Waals surface area contributed by atoms with Crippen molar-refractivity contribution in [2.24, 2.45) is 16.5 Å². The number of rotatable bonds is 2. The number of nitrogens with zero attached hydrogens (tertiary/aromatic N) is 3. The molecule has 96 valence electrons. The van der Waals surface area contributed by atoms with Gasteiger partial charge in [-0.3, -0.25) is 9.88 Å². The number of pyridine rings is 1. The van der Waals surface area contributed by atoms with E-state index < -0.39 is 15.3 Å². The van der Waals surface area contributed by atoms with Crippen molar-refractivity contribution < 1.29 is 8.42 Å². The Balaban J connectivity index is 2.53. The molecule has 1 unspecified atom stereocenters. The summed E-state index contributed by atoms with van der Waals surface area (Å²) >= 11 is 0. The zero-order valence-electron chi connectivity index (χ0n) is 9.69. The third-order valence-corrected chi connectivity index (χ3v) is 3.44. The summed E-state index contributed by atoms with van der Waals surface area (Å²) < 4.78 is 23.5. The number of sulfone groups is 1. The van der Waals surface area contributed by atoms with E-state index in [1.54, 1.807) is 18.3 Å². The molecule has 0 radical (unpaired) electrons. The minimum atomic E-state index is -3.48. The lowest BCUT2D eigenvalue weighted by Crippen LogP contribution is -2.45. The molecule has 0 aromatic carbocycles. The van der Waals surface area contributed by atoms with Crippen molar-refractivity contribution in [1.29, 1.82) is 0 Å². The van der Waals surface area contributed by atoms with Crippen LogP contribution in [0.3, 0.4) is 0 Å². The Morgan fingerprint density at radius 1 is 1.39 bits per heavy atom. The molecule has 0 saturated heterocycles. The molecule has 2 heterocycles. The van der Waals surface area contributed by atoms with Crippen molar-refractivity contribution in [3.63, 3.8) is 0 Å². The van der Waals surface area contributed by atoms with Gasteiger partial charge in [0.15, 0.2) is 9.84 Å². The van der Waals surface area contributed by atoms with Crippen molar-refractivity contribution in [1.82, 2.24) is 4.98 Å². The summed E-state index contributed by atoms with van der Waals surface area (Å²) in [5.74, 6) is 0.300. The Labute approximate surface area is 105 Å². The molecule has 1 aromatic heterocycles. The van der Waals surface area contributed by atoms with Crippen molar-refractivity contribution in [2.75, 3.05) is 11.2 Å². The van der Waals surface area contributed by atoms with Crippen molar-refractivity contribution in [3.05, 3.63) is 36.4 Å². The first-order valence-corrected chi connectivity index (χ1v) is 7.03. The summed E-state index contributed by atoms with van der Waals surface area (Å²) in [4.78, 5) is 9.21. The topological polar surface area (TPSA) is 115 Å². The minimum absolute atomic E-state index is 0.0862. The van der Waals surface area contributed by atoms with Gasteiger partial charge in [-0.05, 0) is 12.1 Å². The van der Waals surface area contributed by atoms with Gasteiger partial charge < -0.3 is 11.5 Å². The SMILES string of the molecule is CS(=O)(=O)C1N=C(N)C=C(N)N1c1cccnc1. The highest BCUT2D eigenvalue weighted by Crippen LogP contribution is 2.24. The summed E-state index contributed by atoms with van der Waals surface area (Å²) in [6.45, 7) is 0. The van der Waals surface area contributed by atoms with Crippen LogP contribution in [0.5, 0.6) is 0 Å². The van der Waals surface area contributed by atoms with E-state index in [4.69, 9.17) is 11.5 Å². The fourth-order valence-electron chi connectivity index (χ4n) is 1.63. The molecule has 0 fully saturated rings. The van der Waals surface area contributed by atoms with Crippen LogP contribution in [0.1, 0.15) is 0 Å². The van der Waals surface area contributed by atoms with Crippen LogP contribution >= 0.6 is 0 Å². The van der Waals surface area contributed by atoms with Gasteiger partial charge >= 0.3 is 0 Å². The first-order valence-electron chi connectivity index (χ1n) is 5.08. The monoisotopic (exact) mass is 267 g/mol. The molecular formula is C10H13N5O2S. The Morgan fingerprint density at radius 2 is 2.11 bits per heavy atom. The average Bonchev–Trinajstić information content (AvgIpc) is 2.28. The lowest BCUT2D eigenvalue weighted by Gasteiger charge is -2.32. The molecule has 0 saturated carbocycles. The highest BCUT2D eigenvalue weighted by atomic mass is 32.2. The summed E-state index contributed by atoms with van der Waals surface area (Å²) in [5.41, 5.74) is 10.7. The van der Waals surface area contributed by atoms with Crippen LogP contribution in [0.25, 0.3) is 0 Å². The number of hydrogen-bond donors (Lipinski definition) is 2. The predicted molar refractivity (Wildman–Crippen MR) is 69.2 cm³/mol. The lowest BCUT2D eigenvalue weighted by molar-refractivity contribution is 0.584. The molecule has 18 heavy (non-hydrogen) atoms. The van der Waals surface area contributed by atoms with Gasteiger partial charge in [0.05, 0.1) is 11.9 Å². The van der Waals surface area contributed by atoms with Crippen LogP contribution in [-0.2, 0) is 9.84 Å². The van der Waals surface area contributed by atoms with Crippen molar-refractivity contribution >= 4 is 21.4 Å². The van der Waals surface area contributed by atoms with E-state index in [9.17, 15) is 8.42 Å². The lowest BCUT2D eigenvalue weighted by atomic mass is 10.3. The number of nitrogens with two attached hydrogens (primary N) is 2. The summed E-state index contributed by atoms with van der Waals surface area (Å²) in [6, 6.07) is 3.38. The Hall–Kier alpha value is -2.09. The zero-order valence-corrected chi connectivity index (χ0v) is 10.5. The van der Waals surface area contributed by atoms with E-state index >= 15 is 0 Å². The number of aromatic nitrogens is 1. The normalized spacial score (nSPS) is 20.3. The molecule has 1 aliphatic rings. The minimum Gasteiger partial charge on any atom is -0.385 e. The second-order valence-corrected chi connectivity index (χ2v) is 5.94. The highest BCUT2D eigenvalue weighted by molar-refractivity contribution is 7.91. The van der Waals surface area contributed by atoms with E-state index in [0.717, 1.165) is 6.26 Å². The van der Waals surface area contributed by atoms with Gasteiger partial charge in [-0.1, -0.05) is 0 Å². The van der Waals surface area contributed by atoms with Crippen molar-refractivity contribution in [2.45, 2.75) is 5.50 Å². The van der Waals surface area contributed by atoms with E-state index in [0.29, 0.717) is 5.69 Å². The molecule has 1 aromatic rings. The number of hydrogen-bond acceptors (Lipinski definition) is 7. The summed E-state index contributed by atoms with van der Waals surface area (Å²) in [7, 11) is -3.48. The molecule has 0 amide bonds. The Kier molecular flexibility index (Phi) is 2.95. The standard InChI is InChI=1S/C10H13N5O2S/c1-18(16,17)10-14-8(11)5-9(12)15(10)7-3-2-4-13-6-7/h2-6,10H,12H2,1H3,(H2,11,14). The van der Waals surface area contributed by atoms with Crippen LogP contribution in [-0.4, -0.2) is 31.0 Å². The van der Waals surface area contributed by atoms with Crippen LogP contribution in [0.4, 0.5) is 5.69 Å². The maximum atomic E-state index is 11.8. The van der Waals surface area contributed by atoms with Gasteiger partial charge in [-0.15, -0.1) is 0 Å². The summed E-state index contributed by atoms with van der Waals surface area (Å²) in [6.07, 6.45) is 5.58. The molecule has 8 heteroatoms. The fraction of sp³-hybridized carbons (Fsp3) is 0.200. The number of amidine groups is 1. The second kappa shape index (κ2) is 4.30. The average molecular weight is 267 g/mol. The largest absolute Gasteiger partial charge is 0.385 e. The fourth-order valence-corrected chi connectivity index (χ4v) is 2.57. The molecule has 1 aliphatic heterocycles. The first kappa shape index (κ1) is 12.4. The quantitative estimate of drug-likeness (QED) is 0.738. The molecule has 0 spiro atoms. The predicted octanol–water partition coefficient (Wildman–Crippen LogP) is -0.613. The van der Waals surface area contributed by atoms with Gasteiger partial charge in [0.2, 0.25) is 5.50 Å². The van der Waals surface area contributed by atoms with Crippen LogP contribution in [0, 0.1) is 0 Å². The summed E-state index contributed by atoms with van der Waals surface area (Å²) in [5, 5.41) is 0. The molecule has 0 aliphatic carbocycles. The maximum Gasteiger partial charge on any atom is 0.231 e. The highest BCUT2D eigenvalue weighted by Gasteiger charge is 2.32. The van der Waals surface area contributed by atoms with Gasteiger partial charge in [0.25, 0.3) is 0 Å². The first-order chi connectivity index (χ1) is 8.39. The molecular weight excluding hydrogens is 254 g/mol. The van der Waals surface area contributed by atoms with Crippen LogP contribution < -0.4 is 16.4 Å². The number of anilines is 1. The van der Waals surface area contributed by atoms with Gasteiger partial charge in [0.1, 0.15) is 11.7 Å². The third-order valence-electron chi connectivity index (χ3n) is 2.36. The van der Waals surface area contributed by atoms with Gasteiger partial charge in [-0.2, -0.15) is 0 Å². The van der Waals surface area contributed by atoms with Crippen LogP contribution in [0.2, 0.25) is 0 Å². The second-order valence-electron chi connectivity index (χ2n) is 3.86. The zero-order chi connectivity index (χ0) is 13.3. The molecule has 7 nitrogen and oxygen atoms in total. The van der Waals surface area contributed by atoms with Gasteiger partial charge in [-0.25, -0.2) is 13.4 Å². The van der Waals surface area contributed by atoms with Crippen LogP contribution in [0.15, 0.2) is 41.4 Å². The molecule has 4 N–H and O–H groups in total. The molecule has 2 rings (SSSR count). The maximum absolute atomic E-state index is 11.8. The van der Waals surface area contributed by atoms with E-state index in [1.807, 2.05) is 0 Å². The number of aliphatic imine (C=N–C) groups is 1. The smallest absolute Gasteiger partial charge is 0.231 e.